The number of aromatic nitrogens is 4. The molecule has 7 nitrogen and oxygen atoms in total. The first kappa shape index (κ1) is 20.6. The molecule has 0 atom stereocenters. The number of carbonyl (C=O) groups excluding carboxylic acids is 1. The van der Waals surface area contributed by atoms with Crippen molar-refractivity contribution in [1.29, 1.82) is 0 Å². The Labute approximate surface area is 189 Å². The van der Waals surface area contributed by atoms with E-state index in [1.165, 1.54) is 0 Å². The third-order valence-corrected chi connectivity index (χ3v) is 6.96. The van der Waals surface area contributed by atoms with Gasteiger partial charge in [0.1, 0.15) is 5.82 Å². The number of amides is 1. The zero-order valence-corrected chi connectivity index (χ0v) is 18.8. The first-order chi connectivity index (χ1) is 15.6. The quantitative estimate of drug-likeness (QED) is 0.467. The van der Waals surface area contributed by atoms with E-state index in [4.69, 9.17) is 5.10 Å². The molecule has 2 aromatic carbocycles. The third kappa shape index (κ3) is 3.86. The van der Waals surface area contributed by atoms with Crippen molar-refractivity contribution in [1.82, 2.24) is 24.2 Å². The topological polar surface area (TPSA) is 73.0 Å². The SMILES string of the molecule is CCn1c(C2CCN(C(=O)c3ccc4ncsc4c3)CC2)nn(Cc2ccccc2)c1=O. The van der Waals surface area contributed by atoms with Gasteiger partial charge in [-0.25, -0.2) is 14.5 Å². The molecule has 0 spiro atoms. The molecule has 0 bridgehead atoms. The molecule has 1 amide bonds. The van der Waals surface area contributed by atoms with Crippen molar-refractivity contribution in [2.24, 2.45) is 0 Å². The van der Waals surface area contributed by atoms with Gasteiger partial charge in [-0.3, -0.25) is 9.36 Å². The van der Waals surface area contributed by atoms with E-state index >= 15 is 0 Å². The lowest BCUT2D eigenvalue weighted by Crippen LogP contribution is -2.38. The Bertz CT molecular complexity index is 1300. The first-order valence-electron chi connectivity index (χ1n) is 11.0. The van der Waals surface area contributed by atoms with E-state index in [-0.39, 0.29) is 17.5 Å². The molecule has 3 heterocycles. The van der Waals surface area contributed by atoms with Crippen LogP contribution in [0.5, 0.6) is 0 Å². The van der Waals surface area contributed by atoms with Gasteiger partial charge in [0, 0.05) is 31.1 Å². The molecule has 5 rings (SSSR count). The average Bonchev–Trinajstić information content (AvgIpc) is 3.43. The highest BCUT2D eigenvalue weighted by atomic mass is 32.1. The average molecular weight is 448 g/mol. The first-order valence-corrected chi connectivity index (χ1v) is 11.9. The Hall–Kier alpha value is -3.26. The monoisotopic (exact) mass is 447 g/mol. The van der Waals surface area contributed by atoms with Gasteiger partial charge in [-0.15, -0.1) is 11.3 Å². The lowest BCUT2D eigenvalue weighted by molar-refractivity contribution is 0.0710. The summed E-state index contributed by atoms with van der Waals surface area (Å²) < 4.78 is 4.38. The summed E-state index contributed by atoms with van der Waals surface area (Å²) in [6, 6.07) is 15.6. The number of benzene rings is 2. The molecule has 32 heavy (non-hydrogen) atoms. The van der Waals surface area contributed by atoms with Crippen LogP contribution in [-0.4, -0.2) is 43.2 Å². The van der Waals surface area contributed by atoms with Gasteiger partial charge in [-0.05, 0) is 43.5 Å². The van der Waals surface area contributed by atoms with Crippen LogP contribution in [0, 0.1) is 0 Å². The van der Waals surface area contributed by atoms with Crippen LogP contribution < -0.4 is 5.69 Å². The molecule has 0 radical (unpaired) electrons. The summed E-state index contributed by atoms with van der Waals surface area (Å²) in [7, 11) is 0. The molecule has 2 aromatic heterocycles. The number of fused-ring (bicyclic) bond motifs is 1. The third-order valence-electron chi connectivity index (χ3n) is 6.17. The number of hydrogen-bond donors (Lipinski definition) is 0. The minimum absolute atomic E-state index is 0.0567. The smallest absolute Gasteiger partial charge is 0.339 e. The van der Waals surface area contributed by atoms with Gasteiger partial charge < -0.3 is 4.90 Å². The zero-order chi connectivity index (χ0) is 22.1. The van der Waals surface area contributed by atoms with Crippen molar-refractivity contribution in [2.45, 2.75) is 38.8 Å². The van der Waals surface area contributed by atoms with E-state index in [0.29, 0.717) is 31.7 Å². The summed E-state index contributed by atoms with van der Waals surface area (Å²) in [6.07, 6.45) is 1.60. The minimum Gasteiger partial charge on any atom is -0.339 e. The fraction of sp³-hybridized carbons (Fsp3) is 0.333. The predicted octanol–water partition coefficient (Wildman–Crippen LogP) is 3.74. The van der Waals surface area contributed by atoms with E-state index in [0.717, 1.165) is 34.4 Å². The van der Waals surface area contributed by atoms with Gasteiger partial charge in [-0.2, -0.15) is 5.10 Å². The van der Waals surface area contributed by atoms with E-state index in [1.54, 1.807) is 26.1 Å². The van der Waals surface area contributed by atoms with E-state index in [1.807, 2.05) is 60.4 Å². The fourth-order valence-electron chi connectivity index (χ4n) is 4.43. The normalized spacial score (nSPS) is 14.8. The lowest BCUT2D eigenvalue weighted by Gasteiger charge is -2.31. The van der Waals surface area contributed by atoms with Gasteiger partial charge in [0.15, 0.2) is 0 Å². The number of hydrogen-bond acceptors (Lipinski definition) is 5. The number of carbonyl (C=O) groups is 1. The van der Waals surface area contributed by atoms with Crippen LogP contribution in [-0.2, 0) is 13.1 Å². The molecule has 1 aliphatic heterocycles. The molecule has 0 aliphatic carbocycles. The number of likely N-dealkylation sites (tertiary alicyclic amines) is 1. The molecule has 1 fully saturated rings. The Morgan fingerprint density at radius 2 is 1.91 bits per heavy atom. The predicted molar refractivity (Wildman–Crippen MR) is 125 cm³/mol. The number of rotatable bonds is 5. The number of piperidine rings is 1. The van der Waals surface area contributed by atoms with Crippen molar-refractivity contribution >= 4 is 27.5 Å². The summed E-state index contributed by atoms with van der Waals surface area (Å²) in [6.45, 7) is 4.36. The van der Waals surface area contributed by atoms with E-state index in [9.17, 15) is 9.59 Å². The van der Waals surface area contributed by atoms with Crippen LogP contribution in [0.4, 0.5) is 0 Å². The molecule has 1 aliphatic rings. The van der Waals surface area contributed by atoms with Crippen LogP contribution in [0.2, 0.25) is 0 Å². The summed E-state index contributed by atoms with van der Waals surface area (Å²) >= 11 is 1.55. The van der Waals surface area contributed by atoms with Crippen molar-refractivity contribution in [2.75, 3.05) is 13.1 Å². The maximum absolute atomic E-state index is 13.0. The summed E-state index contributed by atoms with van der Waals surface area (Å²) in [5.41, 5.74) is 4.42. The van der Waals surface area contributed by atoms with Gasteiger partial charge in [-0.1, -0.05) is 30.3 Å². The molecular weight excluding hydrogens is 422 g/mol. The summed E-state index contributed by atoms with van der Waals surface area (Å²) in [4.78, 5) is 32.1. The number of nitrogens with zero attached hydrogens (tertiary/aromatic N) is 5. The molecular formula is C24H25N5O2S. The zero-order valence-electron chi connectivity index (χ0n) is 18.0. The van der Waals surface area contributed by atoms with Crippen molar-refractivity contribution in [3.8, 4) is 0 Å². The maximum atomic E-state index is 13.0. The second-order valence-electron chi connectivity index (χ2n) is 8.13. The second kappa shape index (κ2) is 8.70. The van der Waals surface area contributed by atoms with Gasteiger partial charge in [0.05, 0.1) is 22.3 Å². The molecule has 0 N–H and O–H groups in total. The largest absolute Gasteiger partial charge is 0.346 e. The van der Waals surface area contributed by atoms with Crippen molar-refractivity contribution in [3.05, 3.63) is 81.5 Å². The molecule has 4 aromatic rings. The molecule has 1 saturated heterocycles. The Morgan fingerprint density at radius 3 is 2.66 bits per heavy atom. The Kier molecular flexibility index (Phi) is 5.61. The fourth-order valence-corrected chi connectivity index (χ4v) is 5.14. The minimum atomic E-state index is -0.0669. The number of thiazole rings is 1. The van der Waals surface area contributed by atoms with Crippen LogP contribution >= 0.6 is 11.3 Å². The highest BCUT2D eigenvalue weighted by molar-refractivity contribution is 7.16. The molecule has 164 valence electrons. The van der Waals surface area contributed by atoms with Gasteiger partial charge in [0.2, 0.25) is 0 Å². The van der Waals surface area contributed by atoms with Gasteiger partial charge >= 0.3 is 5.69 Å². The molecule has 8 heteroatoms. The second-order valence-corrected chi connectivity index (χ2v) is 9.02. The van der Waals surface area contributed by atoms with E-state index < -0.39 is 0 Å². The maximum Gasteiger partial charge on any atom is 0.346 e. The molecule has 0 unspecified atom stereocenters. The highest BCUT2D eigenvalue weighted by Crippen LogP contribution is 2.28. The van der Waals surface area contributed by atoms with Crippen LogP contribution in [0.25, 0.3) is 10.2 Å². The Balaban J connectivity index is 1.30. The van der Waals surface area contributed by atoms with Crippen LogP contribution in [0.3, 0.4) is 0 Å². The summed E-state index contributed by atoms with van der Waals surface area (Å²) in [5, 5.41) is 4.71. The van der Waals surface area contributed by atoms with Crippen molar-refractivity contribution in [3.63, 3.8) is 0 Å². The van der Waals surface area contributed by atoms with Gasteiger partial charge in [0.25, 0.3) is 5.91 Å². The Morgan fingerprint density at radius 1 is 1.12 bits per heavy atom. The lowest BCUT2D eigenvalue weighted by atomic mass is 9.95. The van der Waals surface area contributed by atoms with E-state index in [2.05, 4.69) is 4.98 Å². The highest BCUT2D eigenvalue weighted by Gasteiger charge is 2.29. The van der Waals surface area contributed by atoms with Crippen LogP contribution in [0.1, 0.15) is 47.4 Å². The molecule has 0 saturated carbocycles. The van der Waals surface area contributed by atoms with Crippen molar-refractivity contribution < 1.29 is 4.79 Å². The summed E-state index contributed by atoms with van der Waals surface area (Å²) in [5.74, 6) is 1.07. The standard InChI is InChI=1S/C24H25N5O2S/c1-2-28-22(26-29(24(28)31)15-17-6-4-3-5-7-17)18-10-12-27(13-11-18)23(30)19-8-9-20-21(14-19)32-16-25-20/h3-9,14,16,18H,2,10-13,15H2,1H3. The van der Waals surface area contributed by atoms with Crippen LogP contribution in [0.15, 0.2) is 58.8 Å².